The Hall–Kier alpha value is -2.14. The van der Waals surface area contributed by atoms with E-state index in [0.717, 1.165) is 38.4 Å². The van der Waals surface area contributed by atoms with Gasteiger partial charge >= 0.3 is 0 Å². The van der Waals surface area contributed by atoms with Gasteiger partial charge in [0.2, 0.25) is 0 Å². The van der Waals surface area contributed by atoms with E-state index < -0.39 is 0 Å². The van der Waals surface area contributed by atoms with Crippen LogP contribution in [0.4, 0.5) is 0 Å². The van der Waals surface area contributed by atoms with Gasteiger partial charge in [0, 0.05) is 38.4 Å². The van der Waals surface area contributed by atoms with Gasteiger partial charge in [-0.1, -0.05) is 44.2 Å². The van der Waals surface area contributed by atoms with E-state index in [2.05, 4.69) is 53.2 Å². The smallest absolute Gasteiger partial charge is 0.274 e. The third-order valence-corrected chi connectivity index (χ3v) is 4.35. The zero-order valence-electron chi connectivity index (χ0n) is 13.8. The van der Waals surface area contributed by atoms with E-state index in [-0.39, 0.29) is 5.91 Å². The van der Waals surface area contributed by atoms with Crippen molar-refractivity contribution in [2.24, 2.45) is 0 Å². The average molecular weight is 312 g/mol. The van der Waals surface area contributed by atoms with E-state index in [0.29, 0.717) is 11.6 Å². The molecule has 3 rings (SSSR count). The van der Waals surface area contributed by atoms with E-state index in [1.807, 2.05) is 17.0 Å². The van der Waals surface area contributed by atoms with Crippen molar-refractivity contribution >= 4 is 5.91 Å². The summed E-state index contributed by atoms with van der Waals surface area (Å²) in [4.78, 5) is 16.8. The molecule has 1 aromatic carbocycles. The van der Waals surface area contributed by atoms with Gasteiger partial charge < -0.3 is 4.90 Å². The molecule has 1 amide bonds. The van der Waals surface area contributed by atoms with E-state index in [1.165, 1.54) is 5.56 Å². The fraction of sp³-hybridized carbons (Fsp3) is 0.444. The van der Waals surface area contributed by atoms with Gasteiger partial charge in [-0.2, -0.15) is 5.10 Å². The summed E-state index contributed by atoms with van der Waals surface area (Å²) in [5.74, 6) is 0.388. The quantitative estimate of drug-likeness (QED) is 0.943. The first-order valence-electron chi connectivity index (χ1n) is 8.24. The molecule has 23 heavy (non-hydrogen) atoms. The monoisotopic (exact) mass is 312 g/mol. The summed E-state index contributed by atoms with van der Waals surface area (Å²) in [5, 5.41) is 7.13. The Labute approximate surface area is 137 Å². The minimum atomic E-state index is 0.0347. The molecule has 0 radical (unpaired) electrons. The van der Waals surface area contributed by atoms with E-state index in [4.69, 9.17) is 0 Å². The molecule has 0 spiro atoms. The molecule has 2 heterocycles. The number of piperazine rings is 1. The Morgan fingerprint density at radius 1 is 1.17 bits per heavy atom. The van der Waals surface area contributed by atoms with Gasteiger partial charge in [0.15, 0.2) is 0 Å². The molecule has 5 heteroatoms. The van der Waals surface area contributed by atoms with Crippen molar-refractivity contribution in [1.82, 2.24) is 20.0 Å². The number of carbonyl (C=O) groups is 1. The standard InChI is InChI=1S/C18H24N4O/c1-14(2)16-12-17(20-19-16)18(23)22-10-8-21(9-11-22)13-15-6-4-3-5-7-15/h3-7,12,14H,8-11,13H2,1-2H3,(H,19,20). The SMILES string of the molecule is CC(C)c1cc(C(=O)N2CCN(Cc3ccccc3)CC2)n[nH]1. The Morgan fingerprint density at radius 2 is 1.87 bits per heavy atom. The molecule has 1 aromatic heterocycles. The highest BCUT2D eigenvalue weighted by molar-refractivity contribution is 5.92. The molecule has 0 aliphatic carbocycles. The molecule has 2 aromatic rings. The maximum Gasteiger partial charge on any atom is 0.274 e. The maximum atomic E-state index is 12.5. The number of carbonyl (C=O) groups excluding carboxylic acids is 1. The number of hydrogen-bond donors (Lipinski definition) is 1. The van der Waals surface area contributed by atoms with Crippen molar-refractivity contribution in [2.75, 3.05) is 26.2 Å². The summed E-state index contributed by atoms with van der Waals surface area (Å²) in [7, 11) is 0. The predicted molar refractivity (Wildman–Crippen MR) is 90.3 cm³/mol. The van der Waals surface area contributed by atoms with Crippen molar-refractivity contribution < 1.29 is 4.79 Å². The molecular formula is C18H24N4O. The fourth-order valence-electron chi connectivity index (χ4n) is 2.85. The minimum absolute atomic E-state index is 0.0347. The summed E-state index contributed by atoms with van der Waals surface area (Å²) < 4.78 is 0. The molecule has 1 saturated heterocycles. The zero-order valence-corrected chi connectivity index (χ0v) is 13.8. The van der Waals surface area contributed by atoms with Crippen molar-refractivity contribution in [2.45, 2.75) is 26.3 Å². The van der Waals surface area contributed by atoms with Crippen molar-refractivity contribution in [3.63, 3.8) is 0 Å². The second-order valence-corrected chi connectivity index (χ2v) is 6.42. The van der Waals surface area contributed by atoms with Crippen LogP contribution in [0.15, 0.2) is 36.4 Å². The number of hydrogen-bond acceptors (Lipinski definition) is 3. The normalized spacial score (nSPS) is 16.0. The second-order valence-electron chi connectivity index (χ2n) is 6.42. The molecule has 1 fully saturated rings. The molecule has 1 aliphatic heterocycles. The summed E-state index contributed by atoms with van der Waals surface area (Å²) in [5.41, 5.74) is 2.86. The number of rotatable bonds is 4. The highest BCUT2D eigenvalue weighted by atomic mass is 16.2. The van der Waals surface area contributed by atoms with E-state index in [1.54, 1.807) is 0 Å². The van der Waals surface area contributed by atoms with Crippen LogP contribution in [0.25, 0.3) is 0 Å². The summed E-state index contributed by atoms with van der Waals surface area (Å²) >= 11 is 0. The van der Waals surface area contributed by atoms with E-state index >= 15 is 0 Å². The third kappa shape index (κ3) is 3.79. The van der Waals surface area contributed by atoms with Gasteiger partial charge in [-0.15, -0.1) is 0 Å². The molecule has 122 valence electrons. The van der Waals surface area contributed by atoms with Crippen LogP contribution in [0.2, 0.25) is 0 Å². The average Bonchev–Trinajstić information content (AvgIpc) is 3.06. The van der Waals surface area contributed by atoms with Gasteiger partial charge in [-0.25, -0.2) is 0 Å². The van der Waals surface area contributed by atoms with Crippen LogP contribution in [0.1, 0.15) is 41.5 Å². The lowest BCUT2D eigenvalue weighted by atomic mass is 10.1. The highest BCUT2D eigenvalue weighted by Gasteiger charge is 2.24. The van der Waals surface area contributed by atoms with Crippen LogP contribution in [-0.4, -0.2) is 52.1 Å². The first-order chi connectivity index (χ1) is 11.1. The number of nitrogens with one attached hydrogen (secondary N) is 1. The Balaban J connectivity index is 1.54. The molecular weight excluding hydrogens is 288 g/mol. The Morgan fingerprint density at radius 3 is 2.48 bits per heavy atom. The molecule has 0 bridgehead atoms. The number of benzene rings is 1. The first-order valence-corrected chi connectivity index (χ1v) is 8.24. The first kappa shape index (κ1) is 15.7. The Bertz CT molecular complexity index is 642. The number of aromatic nitrogens is 2. The van der Waals surface area contributed by atoms with Gasteiger partial charge in [-0.3, -0.25) is 14.8 Å². The molecule has 1 N–H and O–H groups in total. The summed E-state index contributed by atoms with van der Waals surface area (Å²) in [6, 6.07) is 12.3. The van der Waals surface area contributed by atoms with Crippen LogP contribution in [0, 0.1) is 0 Å². The zero-order chi connectivity index (χ0) is 16.2. The number of H-pyrrole nitrogens is 1. The summed E-state index contributed by atoms with van der Waals surface area (Å²) in [6.45, 7) is 8.45. The highest BCUT2D eigenvalue weighted by Crippen LogP contribution is 2.15. The van der Waals surface area contributed by atoms with Gasteiger partial charge in [-0.05, 0) is 17.5 Å². The maximum absolute atomic E-state index is 12.5. The predicted octanol–water partition coefficient (Wildman–Crippen LogP) is 2.49. The molecule has 0 atom stereocenters. The van der Waals surface area contributed by atoms with Crippen molar-refractivity contribution in [1.29, 1.82) is 0 Å². The van der Waals surface area contributed by atoms with Gasteiger partial charge in [0.1, 0.15) is 5.69 Å². The minimum Gasteiger partial charge on any atom is -0.335 e. The largest absolute Gasteiger partial charge is 0.335 e. The number of aromatic amines is 1. The van der Waals surface area contributed by atoms with Gasteiger partial charge in [0.25, 0.3) is 5.91 Å². The van der Waals surface area contributed by atoms with E-state index in [9.17, 15) is 4.79 Å². The number of nitrogens with zero attached hydrogens (tertiary/aromatic N) is 3. The van der Waals surface area contributed by atoms with Crippen molar-refractivity contribution in [3.8, 4) is 0 Å². The lowest BCUT2D eigenvalue weighted by molar-refractivity contribution is 0.0622. The van der Waals surface area contributed by atoms with Gasteiger partial charge in [0.05, 0.1) is 0 Å². The summed E-state index contributed by atoms with van der Waals surface area (Å²) in [6.07, 6.45) is 0. The lowest BCUT2D eigenvalue weighted by Gasteiger charge is -2.34. The van der Waals surface area contributed by atoms with Crippen LogP contribution < -0.4 is 0 Å². The molecule has 0 unspecified atom stereocenters. The number of amides is 1. The second kappa shape index (κ2) is 6.96. The topological polar surface area (TPSA) is 52.2 Å². The van der Waals surface area contributed by atoms with Crippen molar-refractivity contribution in [3.05, 3.63) is 53.3 Å². The third-order valence-electron chi connectivity index (χ3n) is 4.35. The van der Waals surface area contributed by atoms with Crippen LogP contribution in [0.5, 0.6) is 0 Å². The Kier molecular flexibility index (Phi) is 4.76. The van der Waals surface area contributed by atoms with Crippen LogP contribution in [0.3, 0.4) is 0 Å². The fourth-order valence-corrected chi connectivity index (χ4v) is 2.85. The molecule has 1 aliphatic rings. The molecule has 0 saturated carbocycles. The van der Waals surface area contributed by atoms with Crippen LogP contribution >= 0.6 is 0 Å². The molecule has 5 nitrogen and oxygen atoms in total. The lowest BCUT2D eigenvalue weighted by Crippen LogP contribution is -2.48. The van der Waals surface area contributed by atoms with Crippen LogP contribution in [-0.2, 0) is 6.54 Å².